The molecule has 1 amide bonds. The van der Waals surface area contributed by atoms with Crippen molar-refractivity contribution in [2.45, 2.75) is 31.9 Å². The van der Waals surface area contributed by atoms with Gasteiger partial charge in [-0.25, -0.2) is 0 Å². The molecule has 1 saturated heterocycles. The highest BCUT2D eigenvalue weighted by Crippen LogP contribution is 2.24. The summed E-state index contributed by atoms with van der Waals surface area (Å²) in [7, 11) is 0. The van der Waals surface area contributed by atoms with Crippen molar-refractivity contribution in [3.05, 3.63) is 65.7 Å². The number of hydrogen-bond acceptors (Lipinski definition) is 3. The van der Waals surface area contributed by atoms with Crippen molar-refractivity contribution in [2.75, 3.05) is 18.4 Å². The molecule has 2 N–H and O–H groups in total. The Bertz CT molecular complexity index is 666. The predicted molar refractivity (Wildman–Crippen MR) is 95.6 cm³/mol. The minimum atomic E-state index is -0.404. The summed E-state index contributed by atoms with van der Waals surface area (Å²) >= 11 is 0. The summed E-state index contributed by atoms with van der Waals surface area (Å²) in [6, 6.07) is 17.0. The van der Waals surface area contributed by atoms with Gasteiger partial charge in [0.25, 0.3) is 0 Å². The summed E-state index contributed by atoms with van der Waals surface area (Å²) in [5, 5.41) is 12.7. The number of carbonyl (C=O) groups excluding carboxylic acids is 1. The quantitative estimate of drug-likeness (QED) is 0.887. The molecule has 1 aliphatic heterocycles. The average molecular weight is 324 g/mol. The Morgan fingerprint density at radius 3 is 2.50 bits per heavy atom. The number of likely N-dealkylation sites (tertiary alicyclic amines) is 1. The Kier molecular flexibility index (Phi) is 5.49. The van der Waals surface area contributed by atoms with E-state index in [2.05, 4.69) is 5.32 Å². The van der Waals surface area contributed by atoms with Crippen LogP contribution in [0.25, 0.3) is 0 Å². The largest absolute Gasteiger partial charge is 0.392 e. The third-order valence-electron chi connectivity index (χ3n) is 4.47. The topological polar surface area (TPSA) is 52.6 Å². The summed E-state index contributed by atoms with van der Waals surface area (Å²) in [5.74, 6) is 0.121. The number of piperidine rings is 1. The van der Waals surface area contributed by atoms with Gasteiger partial charge in [0.05, 0.1) is 6.61 Å². The van der Waals surface area contributed by atoms with E-state index in [-0.39, 0.29) is 12.5 Å². The summed E-state index contributed by atoms with van der Waals surface area (Å²) in [6.07, 6.45) is 3.35. The molecule has 1 aliphatic rings. The van der Waals surface area contributed by atoms with Gasteiger partial charge in [0, 0.05) is 18.8 Å². The fourth-order valence-corrected chi connectivity index (χ4v) is 3.16. The summed E-state index contributed by atoms with van der Waals surface area (Å²) in [5.41, 5.74) is 2.64. The Morgan fingerprint density at radius 2 is 1.79 bits per heavy atom. The van der Waals surface area contributed by atoms with Crippen LogP contribution in [0.4, 0.5) is 5.69 Å². The van der Waals surface area contributed by atoms with Gasteiger partial charge in [0.2, 0.25) is 5.91 Å². The van der Waals surface area contributed by atoms with Gasteiger partial charge >= 0.3 is 0 Å². The first kappa shape index (κ1) is 16.5. The van der Waals surface area contributed by atoms with Gasteiger partial charge < -0.3 is 15.3 Å². The summed E-state index contributed by atoms with van der Waals surface area (Å²) in [6.45, 7) is 1.66. The van der Waals surface area contributed by atoms with E-state index in [0.29, 0.717) is 0 Å². The molecule has 4 heteroatoms. The lowest BCUT2D eigenvalue weighted by Crippen LogP contribution is -2.41. The van der Waals surface area contributed by atoms with E-state index in [9.17, 15) is 9.90 Å². The zero-order valence-electron chi connectivity index (χ0n) is 13.8. The molecule has 0 saturated carbocycles. The molecule has 0 aliphatic carbocycles. The van der Waals surface area contributed by atoms with E-state index >= 15 is 0 Å². The molecular formula is C20H24N2O2. The minimum Gasteiger partial charge on any atom is -0.392 e. The number of nitrogens with one attached hydrogen (secondary N) is 1. The van der Waals surface area contributed by atoms with Gasteiger partial charge in [0.15, 0.2) is 0 Å². The van der Waals surface area contributed by atoms with E-state index in [1.165, 1.54) is 6.42 Å². The van der Waals surface area contributed by atoms with Crippen LogP contribution in [-0.2, 0) is 11.4 Å². The number of anilines is 1. The number of aliphatic hydroxyl groups is 1. The Hall–Kier alpha value is -2.33. The zero-order valence-corrected chi connectivity index (χ0v) is 13.8. The van der Waals surface area contributed by atoms with E-state index < -0.39 is 6.04 Å². The van der Waals surface area contributed by atoms with Crippen LogP contribution in [0.2, 0.25) is 0 Å². The lowest BCUT2D eigenvalue weighted by atomic mass is 10.0. The third kappa shape index (κ3) is 3.95. The number of rotatable bonds is 5. The van der Waals surface area contributed by atoms with E-state index in [4.69, 9.17) is 0 Å². The molecule has 4 nitrogen and oxygen atoms in total. The molecule has 0 aromatic heterocycles. The fraction of sp³-hybridized carbons (Fsp3) is 0.350. The van der Waals surface area contributed by atoms with Crippen LogP contribution in [0.15, 0.2) is 54.6 Å². The Balaban J connectivity index is 1.85. The summed E-state index contributed by atoms with van der Waals surface area (Å²) in [4.78, 5) is 15.0. The number of benzene rings is 2. The van der Waals surface area contributed by atoms with Crippen LogP contribution in [0, 0.1) is 0 Å². The molecule has 1 fully saturated rings. The monoisotopic (exact) mass is 324 g/mol. The molecule has 0 bridgehead atoms. The maximum atomic E-state index is 13.1. The highest BCUT2D eigenvalue weighted by atomic mass is 16.3. The second kappa shape index (κ2) is 7.97. The van der Waals surface area contributed by atoms with Gasteiger partial charge in [-0.15, -0.1) is 0 Å². The molecule has 2 aromatic carbocycles. The molecule has 0 spiro atoms. The van der Waals surface area contributed by atoms with Crippen LogP contribution < -0.4 is 5.32 Å². The molecule has 2 aromatic rings. The molecule has 24 heavy (non-hydrogen) atoms. The van der Waals surface area contributed by atoms with Crippen molar-refractivity contribution in [3.63, 3.8) is 0 Å². The van der Waals surface area contributed by atoms with Gasteiger partial charge in [-0.05, 0) is 42.5 Å². The smallest absolute Gasteiger partial charge is 0.249 e. The van der Waals surface area contributed by atoms with E-state index in [1.54, 1.807) is 0 Å². The van der Waals surface area contributed by atoms with Gasteiger partial charge in [-0.3, -0.25) is 4.79 Å². The minimum absolute atomic E-state index is 0.00834. The number of nitrogens with zero attached hydrogens (tertiary/aromatic N) is 1. The molecule has 1 heterocycles. The normalized spacial score (nSPS) is 15.8. The number of amides is 1. The first-order chi connectivity index (χ1) is 11.8. The molecule has 3 rings (SSSR count). The highest BCUT2D eigenvalue weighted by molar-refractivity contribution is 5.86. The Morgan fingerprint density at radius 1 is 1.04 bits per heavy atom. The zero-order chi connectivity index (χ0) is 16.8. The van der Waals surface area contributed by atoms with Crippen molar-refractivity contribution >= 4 is 11.6 Å². The van der Waals surface area contributed by atoms with Crippen molar-refractivity contribution in [1.29, 1.82) is 0 Å². The fourth-order valence-electron chi connectivity index (χ4n) is 3.16. The highest BCUT2D eigenvalue weighted by Gasteiger charge is 2.26. The number of hydrogen-bond donors (Lipinski definition) is 2. The Labute approximate surface area is 143 Å². The second-order valence-electron chi connectivity index (χ2n) is 6.23. The SMILES string of the molecule is O=C(C(Nc1cccc(CO)c1)c1ccccc1)N1CCCCC1. The molecule has 1 unspecified atom stereocenters. The predicted octanol–water partition coefficient (Wildman–Crippen LogP) is 3.34. The molecular weight excluding hydrogens is 300 g/mol. The van der Waals surface area contributed by atoms with Crippen LogP contribution in [0.1, 0.15) is 36.4 Å². The third-order valence-corrected chi connectivity index (χ3v) is 4.47. The van der Waals surface area contributed by atoms with Gasteiger partial charge in [-0.1, -0.05) is 42.5 Å². The first-order valence-electron chi connectivity index (χ1n) is 8.58. The number of carbonyl (C=O) groups is 1. The molecule has 126 valence electrons. The number of aliphatic hydroxyl groups excluding tert-OH is 1. The van der Waals surface area contributed by atoms with Crippen LogP contribution >= 0.6 is 0 Å². The maximum absolute atomic E-state index is 13.1. The molecule has 0 radical (unpaired) electrons. The van der Waals surface area contributed by atoms with Crippen LogP contribution in [0.3, 0.4) is 0 Å². The van der Waals surface area contributed by atoms with E-state index in [0.717, 1.165) is 42.7 Å². The van der Waals surface area contributed by atoms with Crippen LogP contribution in [-0.4, -0.2) is 29.0 Å². The average Bonchev–Trinajstić information content (AvgIpc) is 2.67. The maximum Gasteiger partial charge on any atom is 0.249 e. The van der Waals surface area contributed by atoms with Crippen molar-refractivity contribution < 1.29 is 9.90 Å². The second-order valence-corrected chi connectivity index (χ2v) is 6.23. The van der Waals surface area contributed by atoms with Gasteiger partial charge in [0.1, 0.15) is 6.04 Å². The van der Waals surface area contributed by atoms with Crippen molar-refractivity contribution in [1.82, 2.24) is 4.90 Å². The molecule has 1 atom stereocenters. The lowest BCUT2D eigenvalue weighted by molar-refractivity contribution is -0.133. The van der Waals surface area contributed by atoms with Crippen LogP contribution in [0.5, 0.6) is 0 Å². The summed E-state index contributed by atoms with van der Waals surface area (Å²) < 4.78 is 0. The van der Waals surface area contributed by atoms with Crippen molar-refractivity contribution in [3.8, 4) is 0 Å². The van der Waals surface area contributed by atoms with Gasteiger partial charge in [-0.2, -0.15) is 0 Å². The first-order valence-corrected chi connectivity index (χ1v) is 8.58. The standard InChI is InChI=1S/C20H24N2O2/c23-15-16-8-7-11-18(14-16)21-19(17-9-3-1-4-10-17)20(24)22-12-5-2-6-13-22/h1,3-4,7-11,14,19,21,23H,2,5-6,12-13,15H2. The lowest BCUT2D eigenvalue weighted by Gasteiger charge is -2.31. The van der Waals surface area contributed by atoms with E-state index in [1.807, 2.05) is 59.5 Å². The van der Waals surface area contributed by atoms with Crippen molar-refractivity contribution in [2.24, 2.45) is 0 Å².